The lowest BCUT2D eigenvalue weighted by atomic mass is 9.87. The predicted octanol–water partition coefficient (Wildman–Crippen LogP) is 12.4. The van der Waals surface area contributed by atoms with Crippen LogP contribution in [0.2, 0.25) is 0 Å². The third-order valence-corrected chi connectivity index (χ3v) is 10.1. The SMILES string of the molecule is [2H]c1ccc2oc3c4c(c5ccccc5c3c2c1)-c1c(ccc2ccccc12)N(c1ccccc1)N4c1nc(-c2ccccc2)c2ccccc2n1. The van der Waals surface area contributed by atoms with Crippen LogP contribution >= 0.6 is 0 Å². The average Bonchev–Trinajstić information content (AvgIpc) is 3.59. The Morgan fingerprint density at radius 3 is 2.06 bits per heavy atom. The van der Waals surface area contributed by atoms with E-state index < -0.39 is 0 Å². The third kappa shape index (κ3) is 4.03. The third-order valence-electron chi connectivity index (χ3n) is 10.1. The van der Waals surface area contributed by atoms with E-state index >= 15 is 0 Å². The van der Waals surface area contributed by atoms with Gasteiger partial charge in [-0.3, -0.25) is 0 Å². The van der Waals surface area contributed by atoms with Gasteiger partial charge in [-0.25, -0.2) is 20.0 Å². The number of furan rings is 1. The molecule has 1 aliphatic heterocycles. The van der Waals surface area contributed by atoms with Crippen LogP contribution in [-0.2, 0) is 0 Å². The van der Waals surface area contributed by atoms with E-state index in [0.29, 0.717) is 17.6 Å². The van der Waals surface area contributed by atoms with Gasteiger partial charge in [0.05, 0.1) is 24.0 Å². The quantitative estimate of drug-likeness (QED) is 0.190. The van der Waals surface area contributed by atoms with E-state index in [1.54, 1.807) is 6.07 Å². The maximum atomic E-state index is 8.59. The number of rotatable bonds is 3. The van der Waals surface area contributed by atoms with Crippen LogP contribution in [0.1, 0.15) is 1.37 Å². The first-order valence-electron chi connectivity index (χ1n) is 17.6. The average molecular weight is 654 g/mol. The zero-order chi connectivity index (χ0) is 34.3. The maximum Gasteiger partial charge on any atom is 0.251 e. The van der Waals surface area contributed by atoms with Gasteiger partial charge in [-0.05, 0) is 51.9 Å². The number of hydrogen-bond donors (Lipinski definition) is 0. The summed E-state index contributed by atoms with van der Waals surface area (Å²) >= 11 is 0. The first kappa shape index (κ1) is 26.9. The standard InChI is InChI=1S/C46H28N4O/c1-3-16-30(17-4-1)43-35-23-11-13-25-37(35)47-46(48-43)50-44-42(34-22-10-9-21-33(34)40-36-24-12-14-26-39(36)51-45(40)44)41-32-20-8-7-15-29(32)27-28-38(41)49(50)31-18-5-2-6-19-31/h1-28H/i12D. The Kier molecular flexibility index (Phi) is 5.68. The molecule has 10 aromatic rings. The lowest BCUT2D eigenvalue weighted by Crippen LogP contribution is -2.40. The molecule has 0 atom stereocenters. The van der Waals surface area contributed by atoms with Crippen molar-refractivity contribution in [2.24, 2.45) is 0 Å². The highest BCUT2D eigenvalue weighted by Gasteiger charge is 2.38. The molecule has 0 spiro atoms. The number of hydrazine groups is 1. The second kappa shape index (κ2) is 10.8. The summed E-state index contributed by atoms with van der Waals surface area (Å²) in [5, 5.41) is 11.7. The molecule has 0 saturated heterocycles. The van der Waals surface area contributed by atoms with Crippen LogP contribution in [0.25, 0.3) is 76.8 Å². The highest BCUT2D eigenvalue weighted by atomic mass is 16.3. The smallest absolute Gasteiger partial charge is 0.251 e. The number of benzene rings is 8. The molecule has 0 saturated carbocycles. The van der Waals surface area contributed by atoms with Crippen LogP contribution in [0.5, 0.6) is 0 Å². The fourth-order valence-electron chi connectivity index (χ4n) is 7.93. The van der Waals surface area contributed by atoms with Gasteiger partial charge in [0.2, 0.25) is 0 Å². The van der Waals surface area contributed by atoms with Crippen molar-refractivity contribution in [1.29, 1.82) is 0 Å². The minimum atomic E-state index is 0.432. The molecule has 51 heavy (non-hydrogen) atoms. The van der Waals surface area contributed by atoms with Gasteiger partial charge >= 0.3 is 0 Å². The predicted molar refractivity (Wildman–Crippen MR) is 210 cm³/mol. The van der Waals surface area contributed by atoms with Crippen molar-refractivity contribution in [1.82, 2.24) is 9.97 Å². The molecule has 0 aliphatic carbocycles. The first-order chi connectivity index (χ1) is 25.7. The molecule has 5 nitrogen and oxygen atoms in total. The van der Waals surface area contributed by atoms with E-state index in [4.69, 9.17) is 15.8 Å². The van der Waals surface area contributed by atoms with Gasteiger partial charge in [0.15, 0.2) is 5.58 Å². The van der Waals surface area contributed by atoms with Gasteiger partial charge in [0.25, 0.3) is 5.95 Å². The minimum Gasteiger partial charge on any atom is -0.454 e. The lowest BCUT2D eigenvalue weighted by Gasteiger charge is -2.43. The summed E-state index contributed by atoms with van der Waals surface area (Å²) in [7, 11) is 0. The number of hydrogen-bond acceptors (Lipinski definition) is 5. The van der Waals surface area contributed by atoms with Crippen LogP contribution in [-0.4, -0.2) is 9.97 Å². The summed E-state index contributed by atoms with van der Waals surface area (Å²) in [6, 6.07) is 56.5. The number of aromatic nitrogens is 2. The largest absolute Gasteiger partial charge is 0.454 e. The number of anilines is 4. The van der Waals surface area contributed by atoms with Crippen LogP contribution < -0.4 is 10.0 Å². The maximum absolute atomic E-state index is 8.59. The van der Waals surface area contributed by atoms with E-state index in [1.165, 1.54) is 0 Å². The first-order valence-corrected chi connectivity index (χ1v) is 17.1. The van der Waals surface area contributed by atoms with Crippen LogP contribution in [0.4, 0.5) is 23.0 Å². The second-order valence-corrected chi connectivity index (χ2v) is 12.9. The van der Waals surface area contributed by atoms with Gasteiger partial charge in [0, 0.05) is 32.8 Å². The molecular weight excluding hydrogens is 625 g/mol. The van der Waals surface area contributed by atoms with Crippen molar-refractivity contribution in [2.45, 2.75) is 0 Å². The van der Waals surface area contributed by atoms with Crippen molar-refractivity contribution < 1.29 is 5.79 Å². The summed E-state index contributed by atoms with van der Waals surface area (Å²) in [6.45, 7) is 0. The summed E-state index contributed by atoms with van der Waals surface area (Å²) in [6.07, 6.45) is 0. The molecule has 3 heterocycles. The summed E-state index contributed by atoms with van der Waals surface area (Å²) < 4.78 is 15.6. The Morgan fingerprint density at radius 1 is 0.510 bits per heavy atom. The van der Waals surface area contributed by atoms with Crippen molar-refractivity contribution in [3.8, 4) is 22.4 Å². The van der Waals surface area contributed by atoms with E-state index in [0.717, 1.165) is 88.2 Å². The fourth-order valence-corrected chi connectivity index (χ4v) is 7.93. The van der Waals surface area contributed by atoms with E-state index in [1.807, 2.05) is 48.5 Å². The molecule has 8 aromatic carbocycles. The van der Waals surface area contributed by atoms with Crippen LogP contribution in [0.15, 0.2) is 174 Å². The van der Waals surface area contributed by atoms with Crippen molar-refractivity contribution in [3.05, 3.63) is 170 Å². The molecule has 0 fully saturated rings. The number of nitrogens with zero attached hydrogens (tertiary/aromatic N) is 4. The van der Waals surface area contributed by atoms with Gasteiger partial charge in [-0.15, -0.1) is 0 Å². The highest BCUT2D eigenvalue weighted by molar-refractivity contribution is 6.30. The Labute approximate surface area is 294 Å². The van der Waals surface area contributed by atoms with Crippen molar-refractivity contribution in [3.63, 3.8) is 0 Å². The number of fused-ring (bicyclic) bond motifs is 13. The fraction of sp³-hybridized carbons (Fsp3) is 0. The molecule has 238 valence electrons. The lowest BCUT2D eigenvalue weighted by molar-refractivity contribution is 0.667. The van der Waals surface area contributed by atoms with Crippen LogP contribution in [0.3, 0.4) is 0 Å². The summed E-state index contributed by atoms with van der Waals surface area (Å²) in [5.74, 6) is 0.514. The Bertz CT molecular complexity index is 3050. The van der Waals surface area contributed by atoms with Gasteiger partial charge in [0.1, 0.15) is 11.3 Å². The molecule has 11 rings (SSSR count). The molecule has 5 heteroatoms. The zero-order valence-electron chi connectivity index (χ0n) is 28.3. The number of para-hydroxylation sites is 3. The second-order valence-electron chi connectivity index (χ2n) is 12.9. The van der Waals surface area contributed by atoms with E-state index in [2.05, 4.69) is 119 Å². The topological polar surface area (TPSA) is 45.4 Å². The molecular formula is C46H28N4O. The monoisotopic (exact) mass is 653 g/mol. The van der Waals surface area contributed by atoms with Gasteiger partial charge < -0.3 is 4.42 Å². The zero-order valence-corrected chi connectivity index (χ0v) is 27.3. The van der Waals surface area contributed by atoms with E-state index in [9.17, 15) is 0 Å². The van der Waals surface area contributed by atoms with Gasteiger partial charge in [-0.2, -0.15) is 0 Å². The molecule has 0 radical (unpaired) electrons. The Morgan fingerprint density at radius 2 is 1.22 bits per heavy atom. The molecule has 0 unspecified atom stereocenters. The normalized spacial score (nSPS) is 12.9. The minimum absolute atomic E-state index is 0.432. The molecule has 2 aromatic heterocycles. The van der Waals surface area contributed by atoms with Crippen molar-refractivity contribution >= 4 is 77.4 Å². The molecule has 0 bridgehead atoms. The Hall–Kier alpha value is -6.98. The summed E-state index contributed by atoms with van der Waals surface area (Å²) in [5.41, 5.74) is 9.09. The van der Waals surface area contributed by atoms with Gasteiger partial charge in [-0.1, -0.05) is 140 Å². The summed E-state index contributed by atoms with van der Waals surface area (Å²) in [4.78, 5) is 10.8. The molecule has 0 amide bonds. The van der Waals surface area contributed by atoms with Crippen LogP contribution in [0, 0.1) is 0 Å². The Balaban J connectivity index is 1.38. The molecule has 1 aliphatic rings. The van der Waals surface area contributed by atoms with E-state index in [-0.39, 0.29) is 0 Å². The highest BCUT2D eigenvalue weighted by Crippen LogP contribution is 2.57. The molecule has 0 N–H and O–H groups in total. The van der Waals surface area contributed by atoms with Crippen molar-refractivity contribution in [2.75, 3.05) is 10.0 Å².